The SMILES string of the molecule is CN(C)c1ncccc1-c1cccc(F)c1. The van der Waals surface area contributed by atoms with Gasteiger partial charge in [-0.05, 0) is 29.8 Å². The number of pyridine rings is 1. The van der Waals surface area contributed by atoms with Gasteiger partial charge in [0.25, 0.3) is 0 Å². The van der Waals surface area contributed by atoms with Gasteiger partial charge >= 0.3 is 0 Å². The third kappa shape index (κ3) is 2.03. The van der Waals surface area contributed by atoms with Crippen LogP contribution in [0.1, 0.15) is 0 Å². The third-order valence-corrected chi connectivity index (χ3v) is 2.35. The fourth-order valence-electron chi connectivity index (χ4n) is 1.63. The average Bonchev–Trinajstić information content (AvgIpc) is 2.29. The third-order valence-electron chi connectivity index (χ3n) is 2.35. The lowest BCUT2D eigenvalue weighted by molar-refractivity contribution is 0.628. The van der Waals surface area contributed by atoms with Crippen LogP contribution in [0.25, 0.3) is 11.1 Å². The van der Waals surface area contributed by atoms with Crippen LogP contribution in [-0.4, -0.2) is 19.1 Å². The Bertz CT molecular complexity index is 495. The van der Waals surface area contributed by atoms with Crippen LogP contribution in [0, 0.1) is 5.82 Å². The second-order valence-electron chi connectivity index (χ2n) is 3.78. The van der Waals surface area contributed by atoms with Crippen molar-refractivity contribution < 1.29 is 4.39 Å². The van der Waals surface area contributed by atoms with Crippen LogP contribution in [0.5, 0.6) is 0 Å². The summed E-state index contributed by atoms with van der Waals surface area (Å²) >= 11 is 0. The number of nitrogens with zero attached hydrogens (tertiary/aromatic N) is 2. The maximum atomic E-state index is 13.2. The lowest BCUT2D eigenvalue weighted by Crippen LogP contribution is -2.11. The van der Waals surface area contributed by atoms with Crippen LogP contribution < -0.4 is 4.90 Å². The Labute approximate surface area is 94.4 Å². The van der Waals surface area contributed by atoms with Gasteiger partial charge in [-0.2, -0.15) is 0 Å². The van der Waals surface area contributed by atoms with Crippen molar-refractivity contribution in [3.05, 3.63) is 48.4 Å². The van der Waals surface area contributed by atoms with E-state index in [1.807, 2.05) is 37.2 Å². The van der Waals surface area contributed by atoms with E-state index in [0.29, 0.717) is 0 Å². The summed E-state index contributed by atoms with van der Waals surface area (Å²) in [5, 5.41) is 0. The van der Waals surface area contributed by atoms with Crippen LogP contribution in [0.4, 0.5) is 10.2 Å². The molecule has 3 heteroatoms. The van der Waals surface area contributed by atoms with Crippen molar-refractivity contribution in [2.45, 2.75) is 0 Å². The fraction of sp³-hybridized carbons (Fsp3) is 0.154. The summed E-state index contributed by atoms with van der Waals surface area (Å²) in [6.07, 6.45) is 1.73. The lowest BCUT2D eigenvalue weighted by Gasteiger charge is -2.15. The highest BCUT2D eigenvalue weighted by Crippen LogP contribution is 2.27. The molecule has 0 atom stereocenters. The van der Waals surface area contributed by atoms with Crippen molar-refractivity contribution in [2.24, 2.45) is 0 Å². The Morgan fingerprint density at radius 1 is 1.12 bits per heavy atom. The van der Waals surface area contributed by atoms with E-state index >= 15 is 0 Å². The van der Waals surface area contributed by atoms with Gasteiger partial charge in [0, 0.05) is 25.9 Å². The molecule has 0 N–H and O–H groups in total. The largest absolute Gasteiger partial charge is 0.362 e. The van der Waals surface area contributed by atoms with Gasteiger partial charge in [0.05, 0.1) is 0 Å². The summed E-state index contributed by atoms with van der Waals surface area (Å²) in [6, 6.07) is 10.3. The Balaban J connectivity index is 2.55. The molecule has 0 aliphatic rings. The predicted molar refractivity (Wildman–Crippen MR) is 64.0 cm³/mol. The van der Waals surface area contributed by atoms with Crippen molar-refractivity contribution in [2.75, 3.05) is 19.0 Å². The van der Waals surface area contributed by atoms with E-state index in [1.165, 1.54) is 12.1 Å². The zero-order valence-corrected chi connectivity index (χ0v) is 9.31. The van der Waals surface area contributed by atoms with Gasteiger partial charge in [0.2, 0.25) is 0 Å². The minimum Gasteiger partial charge on any atom is -0.362 e. The summed E-state index contributed by atoms with van der Waals surface area (Å²) in [4.78, 5) is 6.20. The van der Waals surface area contributed by atoms with E-state index in [4.69, 9.17) is 0 Å². The van der Waals surface area contributed by atoms with E-state index < -0.39 is 0 Å². The molecule has 2 rings (SSSR count). The van der Waals surface area contributed by atoms with Gasteiger partial charge in [-0.25, -0.2) is 9.37 Å². The first-order valence-electron chi connectivity index (χ1n) is 5.07. The molecule has 2 aromatic rings. The number of hydrogen-bond acceptors (Lipinski definition) is 2. The van der Waals surface area contributed by atoms with Gasteiger partial charge in [0.1, 0.15) is 11.6 Å². The zero-order chi connectivity index (χ0) is 11.5. The Morgan fingerprint density at radius 3 is 2.62 bits per heavy atom. The quantitative estimate of drug-likeness (QED) is 0.767. The fourth-order valence-corrected chi connectivity index (χ4v) is 1.63. The molecule has 0 fully saturated rings. The predicted octanol–water partition coefficient (Wildman–Crippen LogP) is 2.95. The zero-order valence-electron chi connectivity index (χ0n) is 9.31. The number of benzene rings is 1. The van der Waals surface area contributed by atoms with Crippen molar-refractivity contribution in [1.29, 1.82) is 0 Å². The molecule has 0 aliphatic heterocycles. The summed E-state index contributed by atoms with van der Waals surface area (Å²) in [5.41, 5.74) is 1.78. The molecule has 2 nitrogen and oxygen atoms in total. The minimum absolute atomic E-state index is 0.231. The molecule has 0 radical (unpaired) electrons. The van der Waals surface area contributed by atoms with Crippen LogP contribution in [-0.2, 0) is 0 Å². The van der Waals surface area contributed by atoms with Crippen LogP contribution in [0.3, 0.4) is 0 Å². The first kappa shape index (κ1) is 10.6. The summed E-state index contributed by atoms with van der Waals surface area (Å²) in [7, 11) is 3.84. The molecule has 1 aromatic heterocycles. The Kier molecular flexibility index (Phi) is 2.86. The number of aromatic nitrogens is 1. The molecular formula is C13H13FN2. The highest BCUT2D eigenvalue weighted by molar-refractivity contribution is 5.75. The molecule has 1 aromatic carbocycles. The molecule has 0 aliphatic carbocycles. The molecule has 82 valence electrons. The highest BCUT2D eigenvalue weighted by Gasteiger charge is 2.07. The molecule has 0 amide bonds. The Hall–Kier alpha value is -1.90. The van der Waals surface area contributed by atoms with Crippen molar-refractivity contribution in [3.63, 3.8) is 0 Å². The molecule has 0 saturated heterocycles. The van der Waals surface area contributed by atoms with E-state index in [1.54, 1.807) is 12.3 Å². The van der Waals surface area contributed by atoms with Gasteiger partial charge in [-0.1, -0.05) is 12.1 Å². The first-order valence-corrected chi connectivity index (χ1v) is 5.07. The van der Waals surface area contributed by atoms with E-state index in [0.717, 1.165) is 16.9 Å². The second kappa shape index (κ2) is 4.31. The lowest BCUT2D eigenvalue weighted by atomic mass is 10.1. The summed E-state index contributed by atoms with van der Waals surface area (Å²) < 4.78 is 13.2. The van der Waals surface area contributed by atoms with Gasteiger partial charge in [-0.3, -0.25) is 0 Å². The van der Waals surface area contributed by atoms with Gasteiger partial charge in [-0.15, -0.1) is 0 Å². The van der Waals surface area contributed by atoms with E-state index in [9.17, 15) is 4.39 Å². The average molecular weight is 216 g/mol. The maximum absolute atomic E-state index is 13.2. The number of halogens is 1. The molecular weight excluding hydrogens is 203 g/mol. The smallest absolute Gasteiger partial charge is 0.135 e. The number of anilines is 1. The van der Waals surface area contributed by atoms with E-state index in [-0.39, 0.29) is 5.82 Å². The van der Waals surface area contributed by atoms with Crippen LogP contribution in [0.2, 0.25) is 0 Å². The van der Waals surface area contributed by atoms with Crippen molar-refractivity contribution in [1.82, 2.24) is 4.98 Å². The van der Waals surface area contributed by atoms with Gasteiger partial charge < -0.3 is 4.90 Å². The molecule has 16 heavy (non-hydrogen) atoms. The van der Waals surface area contributed by atoms with Crippen molar-refractivity contribution >= 4 is 5.82 Å². The maximum Gasteiger partial charge on any atom is 0.135 e. The van der Waals surface area contributed by atoms with Crippen LogP contribution in [0.15, 0.2) is 42.6 Å². The summed E-state index contributed by atoms with van der Waals surface area (Å²) in [5.74, 6) is 0.610. The summed E-state index contributed by atoms with van der Waals surface area (Å²) in [6.45, 7) is 0. The van der Waals surface area contributed by atoms with Crippen molar-refractivity contribution in [3.8, 4) is 11.1 Å². The van der Waals surface area contributed by atoms with Crippen LogP contribution >= 0.6 is 0 Å². The topological polar surface area (TPSA) is 16.1 Å². The Morgan fingerprint density at radius 2 is 1.94 bits per heavy atom. The molecule has 0 saturated carbocycles. The second-order valence-corrected chi connectivity index (χ2v) is 3.78. The highest BCUT2D eigenvalue weighted by atomic mass is 19.1. The van der Waals surface area contributed by atoms with Gasteiger partial charge in [0.15, 0.2) is 0 Å². The van der Waals surface area contributed by atoms with E-state index in [2.05, 4.69) is 4.98 Å². The number of hydrogen-bond donors (Lipinski definition) is 0. The molecule has 0 unspecified atom stereocenters. The normalized spacial score (nSPS) is 10.2. The molecule has 0 bridgehead atoms. The molecule has 0 spiro atoms. The minimum atomic E-state index is -0.231. The monoisotopic (exact) mass is 216 g/mol. The number of rotatable bonds is 2. The first-order chi connectivity index (χ1) is 7.68. The molecule has 1 heterocycles. The standard InChI is InChI=1S/C13H13FN2/c1-16(2)13-12(7-4-8-15-13)10-5-3-6-11(14)9-10/h3-9H,1-2H3.